The lowest BCUT2D eigenvalue weighted by molar-refractivity contribution is -0.122. The van der Waals surface area contributed by atoms with Gasteiger partial charge in [0.25, 0.3) is 11.8 Å². The summed E-state index contributed by atoms with van der Waals surface area (Å²) in [6.07, 6.45) is 3.38. The number of nitrogens with one attached hydrogen (secondary N) is 2. The predicted octanol–water partition coefficient (Wildman–Crippen LogP) is 4.05. The molecule has 0 spiro atoms. The minimum absolute atomic E-state index is 0.269. The molecule has 2 aliphatic rings. The van der Waals surface area contributed by atoms with E-state index in [1.165, 1.54) is 10.0 Å². The van der Waals surface area contributed by atoms with Gasteiger partial charge in [-0.1, -0.05) is 48.5 Å². The van der Waals surface area contributed by atoms with Crippen LogP contribution in [0, 0.1) is 0 Å². The van der Waals surface area contributed by atoms with E-state index in [1.807, 2.05) is 48.5 Å². The third-order valence-corrected chi connectivity index (χ3v) is 6.66. The summed E-state index contributed by atoms with van der Waals surface area (Å²) in [4.78, 5) is 35.2. The Bertz CT molecular complexity index is 1720. The summed E-state index contributed by atoms with van der Waals surface area (Å²) in [5, 5.41) is 12.7. The van der Waals surface area contributed by atoms with Gasteiger partial charge in [-0.3, -0.25) is 20.4 Å². The Balaban J connectivity index is 1.24. The fraction of sp³-hybridized carbons (Fsp3) is 0.0667. The lowest BCUT2D eigenvalue weighted by Gasteiger charge is -2.21. The van der Waals surface area contributed by atoms with Gasteiger partial charge in [-0.05, 0) is 61.4 Å². The number of carbonyl (C=O) groups excluding carboxylic acids is 2. The maximum atomic E-state index is 13.2. The van der Waals surface area contributed by atoms with Gasteiger partial charge in [0, 0.05) is 22.1 Å². The second-order valence-corrected chi connectivity index (χ2v) is 9.66. The van der Waals surface area contributed by atoms with Crippen LogP contribution in [0.3, 0.4) is 0 Å². The van der Waals surface area contributed by atoms with Crippen molar-refractivity contribution >= 4 is 69.4 Å². The summed E-state index contributed by atoms with van der Waals surface area (Å²) in [5.41, 5.74) is 21.0. The molecule has 3 aromatic carbocycles. The fourth-order valence-electron chi connectivity index (χ4n) is 4.50. The average Bonchev–Trinajstić information content (AvgIpc) is 3.40. The number of amides is 2. The number of benzene rings is 3. The van der Waals surface area contributed by atoms with Gasteiger partial charge in [0.1, 0.15) is 23.1 Å². The van der Waals surface area contributed by atoms with Crippen LogP contribution in [0.1, 0.15) is 25.0 Å². The maximum absolute atomic E-state index is 13.2. The predicted molar refractivity (Wildman–Crippen MR) is 164 cm³/mol. The van der Waals surface area contributed by atoms with E-state index in [-0.39, 0.29) is 23.2 Å². The number of aromatic nitrogens is 2. The third-order valence-electron chi connectivity index (χ3n) is 6.66. The van der Waals surface area contributed by atoms with Crippen LogP contribution in [-0.4, -0.2) is 43.7 Å². The van der Waals surface area contributed by atoms with Crippen molar-refractivity contribution in [3.8, 4) is 0 Å². The Labute approximate surface area is 240 Å². The molecule has 0 fully saturated rings. The highest BCUT2D eigenvalue weighted by Crippen LogP contribution is 2.29. The summed E-state index contributed by atoms with van der Waals surface area (Å²) in [6, 6.07) is 21.7. The first-order valence-corrected chi connectivity index (χ1v) is 13.0. The standard InChI is InChI=1S/C30H26N10O2/c1-17-33-25(15-19-7-11-21(31)12-8-19)29(41)39(17)37-27-23-5-3-4-6-24(23)28(36-35-27)38-40-18(2)34-26(30(40)42)16-20-9-13-22(32)14-10-20/h3-16H,31-32H2,1-2H3,(H,35,37)(H,36,38). The largest absolute Gasteiger partial charge is 0.399 e. The summed E-state index contributed by atoms with van der Waals surface area (Å²) in [7, 11) is 0. The highest BCUT2D eigenvalue weighted by molar-refractivity contribution is 6.16. The normalized spacial score (nSPS) is 16.9. The van der Waals surface area contributed by atoms with Crippen molar-refractivity contribution in [3.63, 3.8) is 0 Å². The van der Waals surface area contributed by atoms with Crippen molar-refractivity contribution in [2.75, 3.05) is 22.3 Å². The molecule has 6 N–H and O–H groups in total. The molecule has 0 unspecified atom stereocenters. The van der Waals surface area contributed by atoms with E-state index in [9.17, 15) is 9.59 Å². The summed E-state index contributed by atoms with van der Waals surface area (Å²) in [6.45, 7) is 3.44. The van der Waals surface area contributed by atoms with Gasteiger partial charge in [-0.25, -0.2) is 20.0 Å². The molecule has 0 radical (unpaired) electrons. The van der Waals surface area contributed by atoms with Crippen LogP contribution in [0.5, 0.6) is 0 Å². The highest BCUT2D eigenvalue weighted by atomic mass is 16.2. The number of hydrazine groups is 2. The number of rotatable bonds is 6. The monoisotopic (exact) mass is 558 g/mol. The van der Waals surface area contributed by atoms with Crippen molar-refractivity contribution in [3.05, 3.63) is 95.3 Å². The van der Waals surface area contributed by atoms with Crippen LogP contribution in [-0.2, 0) is 9.59 Å². The Kier molecular flexibility index (Phi) is 6.55. The molecule has 0 bridgehead atoms. The van der Waals surface area contributed by atoms with Gasteiger partial charge in [0.05, 0.1) is 0 Å². The fourth-order valence-corrected chi connectivity index (χ4v) is 4.50. The van der Waals surface area contributed by atoms with E-state index in [0.29, 0.717) is 45.5 Å². The first-order chi connectivity index (χ1) is 20.3. The van der Waals surface area contributed by atoms with Crippen LogP contribution >= 0.6 is 0 Å². The number of nitrogen functional groups attached to an aromatic ring is 2. The lowest BCUT2D eigenvalue weighted by Crippen LogP contribution is -2.37. The van der Waals surface area contributed by atoms with Gasteiger partial charge in [-0.15, -0.1) is 10.2 Å². The van der Waals surface area contributed by atoms with Crippen LogP contribution in [0.25, 0.3) is 22.9 Å². The number of anilines is 4. The molecule has 42 heavy (non-hydrogen) atoms. The van der Waals surface area contributed by atoms with Gasteiger partial charge in [0.2, 0.25) is 0 Å². The van der Waals surface area contributed by atoms with E-state index in [2.05, 4.69) is 31.0 Å². The molecule has 1 aromatic heterocycles. The lowest BCUT2D eigenvalue weighted by atomic mass is 10.1. The van der Waals surface area contributed by atoms with Crippen LogP contribution in [0.2, 0.25) is 0 Å². The molecule has 208 valence electrons. The van der Waals surface area contributed by atoms with Gasteiger partial charge >= 0.3 is 0 Å². The number of carbonyl (C=O) groups is 2. The molecule has 0 saturated carbocycles. The molecule has 12 heteroatoms. The van der Waals surface area contributed by atoms with E-state index in [0.717, 1.165) is 11.1 Å². The molecule has 12 nitrogen and oxygen atoms in total. The first-order valence-electron chi connectivity index (χ1n) is 13.0. The molecular weight excluding hydrogens is 532 g/mol. The Morgan fingerprint density at radius 2 is 1.00 bits per heavy atom. The second-order valence-electron chi connectivity index (χ2n) is 9.66. The molecule has 0 saturated heterocycles. The minimum Gasteiger partial charge on any atom is -0.399 e. The molecule has 6 rings (SSSR count). The van der Waals surface area contributed by atoms with Gasteiger partial charge in [-0.2, -0.15) is 0 Å². The van der Waals surface area contributed by atoms with E-state index >= 15 is 0 Å². The average molecular weight is 559 g/mol. The Hall–Kier alpha value is -6.04. The number of fused-ring (bicyclic) bond motifs is 1. The SMILES string of the molecule is CC1=NC(=Cc2ccc(N)cc2)C(=O)N1Nc1nnc(NN2C(=O)C(=Cc3ccc(N)cc3)N=C2C)c2ccccc12. The zero-order chi connectivity index (χ0) is 29.4. The molecule has 2 amide bonds. The topological polar surface area (TPSA) is 167 Å². The van der Waals surface area contributed by atoms with Crippen molar-refractivity contribution in [1.82, 2.24) is 20.2 Å². The van der Waals surface area contributed by atoms with Crippen molar-refractivity contribution < 1.29 is 9.59 Å². The van der Waals surface area contributed by atoms with Crippen LogP contribution in [0.15, 0.2) is 94.2 Å². The van der Waals surface area contributed by atoms with Gasteiger partial charge < -0.3 is 11.5 Å². The van der Waals surface area contributed by atoms with E-state index in [1.54, 1.807) is 50.3 Å². The molecule has 0 atom stereocenters. The zero-order valence-electron chi connectivity index (χ0n) is 22.7. The van der Waals surface area contributed by atoms with E-state index < -0.39 is 0 Å². The maximum Gasteiger partial charge on any atom is 0.296 e. The highest BCUT2D eigenvalue weighted by Gasteiger charge is 2.31. The minimum atomic E-state index is -0.340. The molecule has 0 aliphatic carbocycles. The first kappa shape index (κ1) is 26.2. The van der Waals surface area contributed by atoms with Crippen LogP contribution < -0.4 is 22.3 Å². The summed E-state index contributed by atoms with van der Waals surface area (Å²) >= 11 is 0. The number of hydrogen-bond donors (Lipinski definition) is 4. The summed E-state index contributed by atoms with van der Waals surface area (Å²) in [5.74, 6) is 0.902. The Morgan fingerprint density at radius 3 is 1.38 bits per heavy atom. The summed E-state index contributed by atoms with van der Waals surface area (Å²) < 4.78 is 0. The number of nitrogens with two attached hydrogens (primary N) is 2. The van der Waals surface area contributed by atoms with E-state index in [4.69, 9.17) is 11.5 Å². The molecule has 3 heterocycles. The zero-order valence-corrected chi connectivity index (χ0v) is 22.7. The quantitative estimate of drug-likeness (QED) is 0.203. The van der Waals surface area contributed by atoms with Crippen molar-refractivity contribution in [2.24, 2.45) is 9.98 Å². The van der Waals surface area contributed by atoms with Gasteiger partial charge in [0.15, 0.2) is 11.6 Å². The number of nitrogens with zero attached hydrogens (tertiary/aromatic N) is 6. The van der Waals surface area contributed by atoms with Crippen LogP contribution in [0.4, 0.5) is 23.0 Å². The molecule has 4 aromatic rings. The third kappa shape index (κ3) is 4.99. The smallest absolute Gasteiger partial charge is 0.296 e. The van der Waals surface area contributed by atoms with Crippen molar-refractivity contribution in [1.29, 1.82) is 0 Å². The molecular formula is C30H26N10O2. The molecule has 2 aliphatic heterocycles. The number of aliphatic imine (C=N–C) groups is 2. The second kappa shape index (κ2) is 10.5. The number of hydrogen-bond acceptors (Lipinski definition) is 10. The Morgan fingerprint density at radius 1 is 0.619 bits per heavy atom. The number of amidine groups is 2. The van der Waals surface area contributed by atoms with Crippen molar-refractivity contribution in [2.45, 2.75) is 13.8 Å².